The first-order valence-electron chi connectivity index (χ1n) is 10.7. The molecule has 1 aliphatic heterocycles. The fourth-order valence-corrected chi connectivity index (χ4v) is 4.26. The molecule has 162 valence electrons. The van der Waals surface area contributed by atoms with Crippen molar-refractivity contribution in [2.45, 2.75) is 25.3 Å². The van der Waals surface area contributed by atoms with Crippen molar-refractivity contribution < 1.29 is 13.7 Å². The zero-order valence-electron chi connectivity index (χ0n) is 17.5. The highest BCUT2D eigenvalue weighted by molar-refractivity contribution is 6.07. The first kappa shape index (κ1) is 20.3. The van der Waals surface area contributed by atoms with E-state index in [1.54, 1.807) is 24.4 Å². The molecular formula is C25H23FN4O2. The van der Waals surface area contributed by atoms with Crippen molar-refractivity contribution in [1.29, 1.82) is 0 Å². The first-order chi connectivity index (χ1) is 15.7. The molecule has 2 aromatic carbocycles. The number of hydrogen-bond donors (Lipinski definition) is 1. The quantitative estimate of drug-likeness (QED) is 0.483. The average molecular weight is 430 g/mol. The van der Waals surface area contributed by atoms with E-state index in [0.717, 1.165) is 54.6 Å². The maximum Gasteiger partial charge on any atom is 0.294 e. The minimum Gasteiger partial charge on any atom is -0.351 e. The SMILES string of the molecule is O=C(Nc1cccc2ncccc12)c1cc(C2CCN(Cc3cccc(F)c3)CC2)no1. The van der Waals surface area contributed by atoms with Gasteiger partial charge in [-0.15, -0.1) is 0 Å². The number of amides is 1. The molecule has 32 heavy (non-hydrogen) atoms. The third kappa shape index (κ3) is 4.38. The van der Waals surface area contributed by atoms with Gasteiger partial charge in [-0.1, -0.05) is 23.4 Å². The highest BCUT2D eigenvalue weighted by Gasteiger charge is 2.25. The first-order valence-corrected chi connectivity index (χ1v) is 10.7. The van der Waals surface area contributed by atoms with Gasteiger partial charge in [-0.05, 0) is 67.9 Å². The van der Waals surface area contributed by atoms with E-state index in [1.807, 2.05) is 36.4 Å². The van der Waals surface area contributed by atoms with E-state index in [-0.39, 0.29) is 23.4 Å². The molecule has 1 amide bonds. The van der Waals surface area contributed by atoms with Crippen LogP contribution in [0.1, 0.15) is 40.6 Å². The van der Waals surface area contributed by atoms with Crippen molar-refractivity contribution >= 4 is 22.5 Å². The van der Waals surface area contributed by atoms with Crippen molar-refractivity contribution in [3.8, 4) is 0 Å². The van der Waals surface area contributed by atoms with Gasteiger partial charge < -0.3 is 9.84 Å². The van der Waals surface area contributed by atoms with Crippen LogP contribution in [-0.2, 0) is 6.54 Å². The van der Waals surface area contributed by atoms with Crippen molar-refractivity contribution in [1.82, 2.24) is 15.0 Å². The second-order valence-electron chi connectivity index (χ2n) is 8.13. The lowest BCUT2D eigenvalue weighted by Gasteiger charge is -2.31. The van der Waals surface area contributed by atoms with Crippen LogP contribution in [0.3, 0.4) is 0 Å². The lowest BCUT2D eigenvalue weighted by atomic mass is 9.93. The normalized spacial score (nSPS) is 15.2. The Morgan fingerprint density at radius 3 is 2.78 bits per heavy atom. The van der Waals surface area contributed by atoms with E-state index in [9.17, 15) is 9.18 Å². The molecule has 1 saturated heterocycles. The molecular weight excluding hydrogens is 407 g/mol. The number of carbonyl (C=O) groups excluding carboxylic acids is 1. The van der Waals surface area contributed by atoms with E-state index < -0.39 is 0 Å². The second kappa shape index (κ2) is 8.88. The van der Waals surface area contributed by atoms with Crippen molar-refractivity contribution in [3.63, 3.8) is 0 Å². The summed E-state index contributed by atoms with van der Waals surface area (Å²) in [5.41, 5.74) is 3.28. The number of nitrogens with one attached hydrogen (secondary N) is 1. The van der Waals surface area contributed by atoms with Gasteiger partial charge in [-0.25, -0.2) is 4.39 Å². The third-order valence-corrected chi connectivity index (χ3v) is 5.95. The third-order valence-electron chi connectivity index (χ3n) is 5.95. The van der Waals surface area contributed by atoms with Crippen LogP contribution in [0.4, 0.5) is 10.1 Å². The minimum atomic E-state index is -0.330. The number of halogens is 1. The summed E-state index contributed by atoms with van der Waals surface area (Å²) in [5.74, 6) is -0.0944. The standard InChI is InChI=1S/C25H23FN4O2/c26-19-5-1-4-17(14-19)16-30-12-9-18(10-13-30)23-15-24(32-29-23)25(31)28-22-8-2-7-21-20(22)6-3-11-27-21/h1-8,11,14-15,18H,9-10,12-13,16H2,(H,28,31). The molecule has 0 atom stereocenters. The Morgan fingerprint density at radius 1 is 1.09 bits per heavy atom. The maximum absolute atomic E-state index is 13.4. The van der Waals surface area contributed by atoms with Gasteiger partial charge in [0.1, 0.15) is 5.82 Å². The molecule has 6 nitrogen and oxygen atoms in total. The van der Waals surface area contributed by atoms with Crippen molar-refractivity contribution in [2.75, 3.05) is 18.4 Å². The Bertz CT molecular complexity index is 1240. The highest BCUT2D eigenvalue weighted by atomic mass is 19.1. The van der Waals surface area contributed by atoms with Crippen LogP contribution >= 0.6 is 0 Å². The molecule has 1 fully saturated rings. The second-order valence-corrected chi connectivity index (χ2v) is 8.13. The number of carbonyl (C=O) groups is 1. The van der Waals surface area contributed by atoms with Crippen LogP contribution in [0.2, 0.25) is 0 Å². The number of benzene rings is 2. The van der Waals surface area contributed by atoms with Crippen molar-refractivity contribution in [3.05, 3.63) is 89.7 Å². The van der Waals surface area contributed by atoms with E-state index in [2.05, 4.69) is 20.4 Å². The summed E-state index contributed by atoms with van der Waals surface area (Å²) in [7, 11) is 0. The number of rotatable bonds is 5. The molecule has 0 aliphatic carbocycles. The van der Waals surface area contributed by atoms with Gasteiger partial charge in [0.2, 0.25) is 5.76 Å². The number of aromatic nitrogens is 2. The van der Waals surface area contributed by atoms with Gasteiger partial charge in [-0.2, -0.15) is 0 Å². The van der Waals surface area contributed by atoms with Crippen LogP contribution in [0.5, 0.6) is 0 Å². The average Bonchev–Trinajstić information content (AvgIpc) is 3.30. The predicted molar refractivity (Wildman–Crippen MR) is 120 cm³/mol. The van der Waals surface area contributed by atoms with Crippen LogP contribution in [0, 0.1) is 5.82 Å². The fraction of sp³-hybridized carbons (Fsp3) is 0.240. The van der Waals surface area contributed by atoms with E-state index in [0.29, 0.717) is 5.69 Å². The molecule has 4 aromatic rings. The van der Waals surface area contributed by atoms with Crippen molar-refractivity contribution in [2.24, 2.45) is 0 Å². The number of likely N-dealkylation sites (tertiary alicyclic amines) is 1. The molecule has 3 heterocycles. The van der Waals surface area contributed by atoms with Gasteiger partial charge >= 0.3 is 0 Å². The number of nitrogens with zero attached hydrogens (tertiary/aromatic N) is 3. The molecule has 0 radical (unpaired) electrons. The summed E-state index contributed by atoms with van der Waals surface area (Å²) in [4.78, 5) is 19.4. The van der Waals surface area contributed by atoms with Crippen LogP contribution in [0.15, 0.2) is 71.4 Å². The maximum atomic E-state index is 13.4. The fourth-order valence-electron chi connectivity index (χ4n) is 4.26. The number of piperidine rings is 1. The molecule has 5 rings (SSSR count). The monoisotopic (exact) mass is 430 g/mol. The molecule has 0 unspecified atom stereocenters. The smallest absolute Gasteiger partial charge is 0.294 e. The lowest BCUT2D eigenvalue weighted by molar-refractivity contribution is 0.0988. The molecule has 2 aromatic heterocycles. The molecule has 7 heteroatoms. The zero-order chi connectivity index (χ0) is 21.9. The summed E-state index contributed by atoms with van der Waals surface area (Å²) in [6, 6.07) is 17.8. The molecule has 0 bridgehead atoms. The van der Waals surface area contributed by atoms with Gasteiger partial charge in [0.05, 0.1) is 16.9 Å². The summed E-state index contributed by atoms with van der Waals surface area (Å²) in [6.07, 6.45) is 3.55. The van der Waals surface area contributed by atoms with Gasteiger partial charge in [0.15, 0.2) is 0 Å². The summed E-state index contributed by atoms with van der Waals surface area (Å²) in [5, 5.41) is 7.94. The minimum absolute atomic E-state index is 0.197. The van der Waals surface area contributed by atoms with Gasteiger partial charge in [-0.3, -0.25) is 14.7 Å². The Labute approximate surface area is 185 Å². The molecule has 0 spiro atoms. The molecule has 0 saturated carbocycles. The van der Waals surface area contributed by atoms with E-state index >= 15 is 0 Å². The van der Waals surface area contributed by atoms with Gasteiger partial charge in [0, 0.05) is 30.1 Å². The Morgan fingerprint density at radius 2 is 1.94 bits per heavy atom. The lowest BCUT2D eigenvalue weighted by Crippen LogP contribution is -2.32. The Balaban J connectivity index is 1.21. The molecule has 1 N–H and O–H groups in total. The summed E-state index contributed by atoms with van der Waals surface area (Å²) < 4.78 is 18.8. The largest absolute Gasteiger partial charge is 0.351 e. The van der Waals surface area contributed by atoms with Crippen LogP contribution < -0.4 is 5.32 Å². The van der Waals surface area contributed by atoms with E-state index in [1.165, 1.54) is 6.07 Å². The summed E-state index contributed by atoms with van der Waals surface area (Å²) in [6.45, 7) is 2.51. The Kier molecular flexibility index (Phi) is 5.64. The number of anilines is 1. The van der Waals surface area contributed by atoms with E-state index in [4.69, 9.17) is 4.52 Å². The highest BCUT2D eigenvalue weighted by Crippen LogP contribution is 2.29. The topological polar surface area (TPSA) is 71.3 Å². The number of hydrogen-bond acceptors (Lipinski definition) is 5. The Hall–Kier alpha value is -3.58. The predicted octanol–water partition coefficient (Wildman–Crippen LogP) is 4.99. The van der Waals surface area contributed by atoms with Gasteiger partial charge in [0.25, 0.3) is 5.91 Å². The zero-order valence-corrected chi connectivity index (χ0v) is 17.5. The number of fused-ring (bicyclic) bond motifs is 1. The summed E-state index contributed by atoms with van der Waals surface area (Å²) >= 11 is 0. The number of pyridine rings is 1. The molecule has 1 aliphatic rings. The van der Waals surface area contributed by atoms with Crippen LogP contribution in [0.25, 0.3) is 10.9 Å². The van der Waals surface area contributed by atoms with Crippen LogP contribution in [-0.4, -0.2) is 34.0 Å².